The molecular formula is C12H17NO4S2. The predicted molar refractivity (Wildman–Crippen MR) is 72.9 cm³/mol. The molecule has 2 heterocycles. The Bertz CT molecular complexity index is 564. The third-order valence-corrected chi connectivity index (χ3v) is 6.93. The summed E-state index contributed by atoms with van der Waals surface area (Å²) in [5, 5.41) is 8.85. The number of aryl methyl sites for hydroxylation is 1. The summed E-state index contributed by atoms with van der Waals surface area (Å²) in [4.78, 5) is 11.8. The number of nitrogens with zero attached hydrogens (tertiary/aromatic N) is 1. The quantitative estimate of drug-likeness (QED) is 0.902. The topological polar surface area (TPSA) is 74.7 Å². The average Bonchev–Trinajstić information content (AvgIpc) is 2.95. The van der Waals surface area contributed by atoms with Crippen LogP contribution in [0.25, 0.3) is 0 Å². The van der Waals surface area contributed by atoms with Gasteiger partial charge in [-0.25, -0.2) is 8.42 Å². The van der Waals surface area contributed by atoms with Crippen LogP contribution in [0.5, 0.6) is 0 Å². The van der Waals surface area contributed by atoms with Gasteiger partial charge in [-0.3, -0.25) is 4.79 Å². The van der Waals surface area contributed by atoms with Gasteiger partial charge in [0.1, 0.15) is 4.21 Å². The van der Waals surface area contributed by atoms with Crippen molar-refractivity contribution in [1.29, 1.82) is 0 Å². The molecule has 1 fully saturated rings. The fourth-order valence-electron chi connectivity index (χ4n) is 2.33. The number of hydrogen-bond donors (Lipinski definition) is 1. The summed E-state index contributed by atoms with van der Waals surface area (Å²) in [6.45, 7) is 2.39. The van der Waals surface area contributed by atoms with Crippen LogP contribution in [0.4, 0.5) is 0 Å². The van der Waals surface area contributed by atoms with Crippen molar-refractivity contribution in [3.63, 3.8) is 0 Å². The first-order chi connectivity index (χ1) is 8.95. The van der Waals surface area contributed by atoms with E-state index >= 15 is 0 Å². The number of sulfonamides is 1. The number of rotatable bonds is 5. The zero-order valence-electron chi connectivity index (χ0n) is 10.7. The Hall–Kier alpha value is -0.920. The average molecular weight is 303 g/mol. The van der Waals surface area contributed by atoms with E-state index in [0.717, 1.165) is 17.7 Å². The van der Waals surface area contributed by atoms with E-state index in [9.17, 15) is 13.2 Å². The van der Waals surface area contributed by atoms with Gasteiger partial charge in [-0.2, -0.15) is 4.31 Å². The molecule has 0 amide bonds. The molecule has 0 radical (unpaired) electrons. The van der Waals surface area contributed by atoms with Gasteiger partial charge in [-0.05, 0) is 31.4 Å². The van der Waals surface area contributed by atoms with Gasteiger partial charge >= 0.3 is 5.97 Å². The minimum atomic E-state index is -3.53. The fourth-order valence-corrected chi connectivity index (χ4v) is 5.45. The van der Waals surface area contributed by atoms with Crippen molar-refractivity contribution in [1.82, 2.24) is 4.31 Å². The molecule has 1 N–H and O–H groups in total. The number of carbonyl (C=O) groups is 1. The molecule has 1 saturated heterocycles. The molecular weight excluding hydrogens is 286 g/mol. The first-order valence-corrected chi connectivity index (χ1v) is 8.53. The van der Waals surface area contributed by atoms with E-state index in [0.29, 0.717) is 17.2 Å². The van der Waals surface area contributed by atoms with E-state index in [1.165, 1.54) is 15.6 Å². The zero-order chi connectivity index (χ0) is 14.0. The van der Waals surface area contributed by atoms with E-state index in [1.807, 2.05) is 13.0 Å². The summed E-state index contributed by atoms with van der Waals surface area (Å²) >= 11 is 1.27. The lowest BCUT2D eigenvalue weighted by atomic mass is 10.2. The van der Waals surface area contributed by atoms with E-state index < -0.39 is 22.0 Å². The standard InChI is InChI=1S/C12H17NO4S2/c1-2-10-5-6-12(18-10)19(16,17)13-7-3-4-9(13)8-11(14)15/h5-6,9H,2-4,7-8H2,1H3,(H,14,15). The van der Waals surface area contributed by atoms with Crippen LogP contribution >= 0.6 is 11.3 Å². The molecule has 1 aliphatic heterocycles. The molecule has 2 rings (SSSR count). The molecule has 0 spiro atoms. The van der Waals surface area contributed by atoms with Gasteiger partial charge in [0.05, 0.1) is 6.42 Å². The van der Waals surface area contributed by atoms with E-state index in [2.05, 4.69) is 0 Å². The lowest BCUT2D eigenvalue weighted by Crippen LogP contribution is -2.36. The third-order valence-electron chi connectivity index (χ3n) is 3.28. The predicted octanol–water partition coefficient (Wildman–Crippen LogP) is 1.94. The first kappa shape index (κ1) is 14.5. The summed E-state index contributed by atoms with van der Waals surface area (Å²) in [7, 11) is -3.53. The van der Waals surface area contributed by atoms with Gasteiger partial charge in [-0.15, -0.1) is 11.3 Å². The van der Waals surface area contributed by atoms with E-state index in [4.69, 9.17) is 5.11 Å². The second kappa shape index (κ2) is 5.60. The van der Waals surface area contributed by atoms with Crippen LogP contribution in [-0.4, -0.2) is 36.4 Å². The Morgan fingerprint density at radius 1 is 1.53 bits per heavy atom. The molecule has 1 aromatic heterocycles. The molecule has 1 aromatic rings. The summed E-state index contributed by atoms with van der Waals surface area (Å²) < 4.78 is 26.7. The smallest absolute Gasteiger partial charge is 0.304 e. The van der Waals surface area contributed by atoms with E-state index in [-0.39, 0.29) is 6.42 Å². The van der Waals surface area contributed by atoms with Gasteiger partial charge in [0.25, 0.3) is 10.0 Å². The lowest BCUT2D eigenvalue weighted by Gasteiger charge is -2.21. The van der Waals surface area contributed by atoms with Crippen LogP contribution in [0, 0.1) is 0 Å². The van der Waals surface area contributed by atoms with Crippen LogP contribution in [0.3, 0.4) is 0 Å². The summed E-state index contributed by atoms with van der Waals surface area (Å²) in [5.74, 6) is -0.951. The number of hydrogen-bond acceptors (Lipinski definition) is 4. The van der Waals surface area contributed by atoms with Crippen molar-refractivity contribution < 1.29 is 18.3 Å². The summed E-state index contributed by atoms with van der Waals surface area (Å²) in [5.41, 5.74) is 0. The molecule has 0 aromatic carbocycles. The van der Waals surface area contributed by atoms with E-state index in [1.54, 1.807) is 6.07 Å². The van der Waals surface area contributed by atoms with Crippen LogP contribution in [-0.2, 0) is 21.2 Å². The molecule has 1 aliphatic rings. The molecule has 1 unspecified atom stereocenters. The number of carboxylic acids is 1. The maximum Gasteiger partial charge on any atom is 0.304 e. The van der Waals surface area contributed by atoms with Crippen molar-refractivity contribution in [2.24, 2.45) is 0 Å². The Labute approximate surface area is 116 Å². The van der Waals surface area contributed by atoms with Gasteiger partial charge in [0.15, 0.2) is 0 Å². The van der Waals surface area contributed by atoms with Crippen molar-refractivity contribution in [2.45, 2.75) is 42.9 Å². The van der Waals surface area contributed by atoms with Crippen molar-refractivity contribution >= 4 is 27.3 Å². The fraction of sp³-hybridized carbons (Fsp3) is 0.583. The Kier molecular flexibility index (Phi) is 4.27. The van der Waals surface area contributed by atoms with Gasteiger partial charge in [0, 0.05) is 17.5 Å². The molecule has 0 bridgehead atoms. The third kappa shape index (κ3) is 2.98. The Morgan fingerprint density at radius 2 is 2.26 bits per heavy atom. The molecule has 19 heavy (non-hydrogen) atoms. The Balaban J connectivity index is 2.25. The monoisotopic (exact) mass is 303 g/mol. The normalized spacial score (nSPS) is 20.8. The largest absolute Gasteiger partial charge is 0.481 e. The second-order valence-electron chi connectivity index (χ2n) is 4.58. The maximum atomic E-state index is 12.5. The molecule has 0 aliphatic carbocycles. The van der Waals surface area contributed by atoms with Crippen molar-refractivity contribution in [3.05, 3.63) is 17.0 Å². The second-order valence-corrected chi connectivity index (χ2v) is 7.87. The highest BCUT2D eigenvalue weighted by Crippen LogP contribution is 2.31. The van der Waals surface area contributed by atoms with Crippen LogP contribution in [0.1, 0.15) is 31.1 Å². The number of thiophene rings is 1. The van der Waals surface area contributed by atoms with Crippen molar-refractivity contribution in [2.75, 3.05) is 6.54 Å². The van der Waals surface area contributed by atoms with Gasteiger partial charge in [0.2, 0.25) is 0 Å². The SMILES string of the molecule is CCc1ccc(S(=O)(=O)N2CCCC2CC(=O)O)s1. The lowest BCUT2D eigenvalue weighted by molar-refractivity contribution is -0.137. The minimum Gasteiger partial charge on any atom is -0.481 e. The summed E-state index contributed by atoms with van der Waals surface area (Å²) in [6, 6.07) is 3.03. The molecule has 5 nitrogen and oxygen atoms in total. The molecule has 1 atom stereocenters. The summed E-state index contributed by atoms with van der Waals surface area (Å²) in [6.07, 6.45) is 2.03. The highest BCUT2D eigenvalue weighted by Gasteiger charge is 2.37. The minimum absolute atomic E-state index is 0.120. The molecule has 0 saturated carbocycles. The van der Waals surface area contributed by atoms with Crippen molar-refractivity contribution in [3.8, 4) is 0 Å². The Morgan fingerprint density at radius 3 is 2.84 bits per heavy atom. The highest BCUT2D eigenvalue weighted by molar-refractivity contribution is 7.91. The van der Waals surface area contributed by atoms with Crippen LogP contribution in [0.2, 0.25) is 0 Å². The first-order valence-electron chi connectivity index (χ1n) is 6.27. The number of aliphatic carboxylic acids is 1. The van der Waals surface area contributed by atoms with Gasteiger partial charge in [-0.1, -0.05) is 6.92 Å². The molecule has 7 heteroatoms. The van der Waals surface area contributed by atoms with Gasteiger partial charge < -0.3 is 5.11 Å². The highest BCUT2D eigenvalue weighted by atomic mass is 32.2. The van der Waals surface area contributed by atoms with Crippen LogP contribution in [0.15, 0.2) is 16.3 Å². The molecule has 106 valence electrons. The number of carboxylic acid groups (broad SMARTS) is 1. The zero-order valence-corrected chi connectivity index (χ0v) is 12.3. The maximum absolute atomic E-state index is 12.5. The van der Waals surface area contributed by atoms with Crippen LogP contribution < -0.4 is 0 Å².